The van der Waals surface area contributed by atoms with Crippen molar-refractivity contribution in [1.29, 1.82) is 5.26 Å². The fraction of sp³-hybridized carbons (Fsp3) is 0.182. The van der Waals surface area contributed by atoms with Crippen molar-refractivity contribution in [2.75, 3.05) is 11.1 Å². The summed E-state index contributed by atoms with van der Waals surface area (Å²) in [5.41, 5.74) is 7.31. The van der Waals surface area contributed by atoms with Gasteiger partial charge in [-0.05, 0) is 25.1 Å². The van der Waals surface area contributed by atoms with Crippen LogP contribution in [-0.4, -0.2) is 10.1 Å². The number of aryl methyl sites for hydroxylation is 1. The van der Waals surface area contributed by atoms with Crippen LogP contribution in [0.15, 0.2) is 22.7 Å². The molecule has 3 N–H and O–H groups in total. The summed E-state index contributed by atoms with van der Waals surface area (Å²) >= 11 is 0. The van der Waals surface area contributed by atoms with Gasteiger partial charge in [0.1, 0.15) is 6.07 Å². The number of anilines is 2. The van der Waals surface area contributed by atoms with Crippen molar-refractivity contribution in [3.8, 4) is 6.07 Å². The van der Waals surface area contributed by atoms with E-state index in [1.165, 1.54) is 0 Å². The molecule has 6 heteroatoms. The van der Waals surface area contributed by atoms with Crippen molar-refractivity contribution in [2.45, 2.75) is 13.5 Å². The Morgan fingerprint density at radius 2 is 2.35 bits per heavy atom. The first-order valence-corrected chi connectivity index (χ1v) is 5.01. The number of benzene rings is 1. The molecule has 0 radical (unpaired) electrons. The maximum atomic E-state index is 8.83. The van der Waals surface area contributed by atoms with Crippen LogP contribution in [0.2, 0.25) is 0 Å². The van der Waals surface area contributed by atoms with Gasteiger partial charge in [-0.1, -0.05) is 5.16 Å². The lowest BCUT2D eigenvalue weighted by Crippen LogP contribution is -2.01. The Morgan fingerprint density at radius 1 is 1.53 bits per heavy atom. The third kappa shape index (κ3) is 2.52. The van der Waals surface area contributed by atoms with E-state index in [0.717, 1.165) is 5.69 Å². The van der Waals surface area contributed by atoms with Crippen LogP contribution in [0.3, 0.4) is 0 Å². The average Bonchev–Trinajstić information content (AvgIpc) is 2.74. The Hall–Kier alpha value is -2.55. The molecule has 0 spiro atoms. The van der Waals surface area contributed by atoms with Gasteiger partial charge in [-0.15, -0.1) is 0 Å². The summed E-state index contributed by atoms with van der Waals surface area (Å²) < 4.78 is 4.95. The van der Waals surface area contributed by atoms with Gasteiger partial charge in [-0.2, -0.15) is 10.2 Å². The summed E-state index contributed by atoms with van der Waals surface area (Å²) in [5, 5.41) is 15.6. The molecule has 0 aliphatic rings. The highest BCUT2D eigenvalue weighted by molar-refractivity contribution is 5.61. The second-order valence-corrected chi connectivity index (χ2v) is 3.50. The van der Waals surface area contributed by atoms with Crippen LogP contribution in [0.4, 0.5) is 11.4 Å². The minimum atomic E-state index is 0.412. The van der Waals surface area contributed by atoms with Crippen LogP contribution in [0.1, 0.15) is 17.3 Å². The van der Waals surface area contributed by atoms with Crippen molar-refractivity contribution in [3.05, 3.63) is 35.5 Å². The first kappa shape index (κ1) is 11.0. The number of nitrogens with zero attached hydrogens (tertiary/aromatic N) is 3. The van der Waals surface area contributed by atoms with Gasteiger partial charge in [0.15, 0.2) is 5.82 Å². The van der Waals surface area contributed by atoms with Crippen LogP contribution in [0, 0.1) is 18.3 Å². The lowest BCUT2D eigenvalue weighted by Gasteiger charge is -2.04. The summed E-state index contributed by atoms with van der Waals surface area (Å²) in [5.74, 6) is 1.09. The molecule has 0 bridgehead atoms. The Kier molecular flexibility index (Phi) is 2.92. The van der Waals surface area contributed by atoms with E-state index < -0.39 is 0 Å². The SMILES string of the molecule is Cc1noc(CNc2ccc(N)c(C#N)c2)n1. The predicted octanol–water partition coefficient (Wildman–Crippen LogP) is 1.44. The van der Waals surface area contributed by atoms with Crippen LogP contribution in [0.5, 0.6) is 0 Å². The number of nitrogen functional groups attached to an aromatic ring is 1. The van der Waals surface area contributed by atoms with Gasteiger partial charge in [0, 0.05) is 11.4 Å². The number of hydrogen-bond donors (Lipinski definition) is 2. The minimum absolute atomic E-state index is 0.412. The van der Waals surface area contributed by atoms with E-state index in [0.29, 0.717) is 29.5 Å². The topological polar surface area (TPSA) is 101 Å². The molecule has 0 saturated heterocycles. The minimum Gasteiger partial charge on any atom is -0.398 e. The maximum Gasteiger partial charge on any atom is 0.245 e. The fourth-order valence-electron chi connectivity index (χ4n) is 1.35. The van der Waals surface area contributed by atoms with Gasteiger partial charge < -0.3 is 15.6 Å². The smallest absolute Gasteiger partial charge is 0.245 e. The lowest BCUT2D eigenvalue weighted by molar-refractivity contribution is 0.379. The number of hydrogen-bond acceptors (Lipinski definition) is 6. The molecule has 1 aromatic heterocycles. The van der Waals surface area contributed by atoms with Crippen molar-refractivity contribution >= 4 is 11.4 Å². The van der Waals surface area contributed by atoms with Crippen molar-refractivity contribution in [1.82, 2.24) is 10.1 Å². The Morgan fingerprint density at radius 3 is 3.00 bits per heavy atom. The molecule has 6 nitrogen and oxygen atoms in total. The molecular formula is C11H11N5O. The monoisotopic (exact) mass is 229 g/mol. The zero-order chi connectivity index (χ0) is 12.3. The molecule has 1 aromatic carbocycles. The van der Waals surface area contributed by atoms with Crippen molar-refractivity contribution < 1.29 is 4.52 Å². The highest BCUT2D eigenvalue weighted by Crippen LogP contribution is 2.17. The van der Waals surface area contributed by atoms with E-state index in [4.69, 9.17) is 15.5 Å². The molecule has 2 rings (SSSR count). The first-order valence-electron chi connectivity index (χ1n) is 5.01. The second kappa shape index (κ2) is 4.53. The summed E-state index contributed by atoms with van der Waals surface area (Å²) in [4.78, 5) is 4.06. The molecule has 1 heterocycles. The Bertz CT molecular complexity index is 569. The fourth-order valence-corrected chi connectivity index (χ4v) is 1.35. The van der Waals surface area contributed by atoms with E-state index in [9.17, 15) is 0 Å². The molecular weight excluding hydrogens is 218 g/mol. The standard InChI is InChI=1S/C11H11N5O/c1-7-15-11(17-16-7)6-14-9-2-3-10(13)8(4-9)5-12/h2-4,14H,6,13H2,1H3. The Labute approximate surface area is 98.1 Å². The van der Waals surface area contributed by atoms with Crippen LogP contribution < -0.4 is 11.1 Å². The largest absolute Gasteiger partial charge is 0.398 e. The third-order valence-electron chi connectivity index (χ3n) is 2.19. The normalized spacial score (nSPS) is 9.88. The Balaban J connectivity index is 2.07. The molecule has 0 atom stereocenters. The first-order chi connectivity index (χ1) is 8.19. The zero-order valence-electron chi connectivity index (χ0n) is 9.27. The summed E-state index contributed by atoms with van der Waals surface area (Å²) in [6.45, 7) is 2.17. The van der Waals surface area contributed by atoms with Crippen LogP contribution in [0.25, 0.3) is 0 Å². The second-order valence-electron chi connectivity index (χ2n) is 3.50. The van der Waals surface area contributed by atoms with Crippen LogP contribution in [-0.2, 0) is 6.54 Å². The predicted molar refractivity (Wildman–Crippen MR) is 61.9 cm³/mol. The number of rotatable bonds is 3. The van der Waals surface area contributed by atoms with Crippen molar-refractivity contribution in [2.24, 2.45) is 0 Å². The molecule has 2 aromatic rings. The quantitative estimate of drug-likeness (QED) is 0.772. The zero-order valence-corrected chi connectivity index (χ0v) is 9.27. The molecule has 0 fully saturated rings. The average molecular weight is 229 g/mol. The third-order valence-corrected chi connectivity index (χ3v) is 2.19. The summed E-state index contributed by atoms with van der Waals surface area (Å²) in [6.07, 6.45) is 0. The molecule has 0 saturated carbocycles. The number of nitriles is 1. The molecule has 0 aliphatic heterocycles. The van der Waals surface area contributed by atoms with E-state index >= 15 is 0 Å². The summed E-state index contributed by atoms with van der Waals surface area (Å²) in [6, 6.07) is 7.17. The summed E-state index contributed by atoms with van der Waals surface area (Å²) in [7, 11) is 0. The number of nitrogens with one attached hydrogen (secondary N) is 1. The van der Waals surface area contributed by atoms with Gasteiger partial charge in [-0.3, -0.25) is 0 Å². The molecule has 0 amide bonds. The van der Waals surface area contributed by atoms with Gasteiger partial charge in [0.25, 0.3) is 0 Å². The van der Waals surface area contributed by atoms with E-state index in [2.05, 4.69) is 15.5 Å². The highest BCUT2D eigenvalue weighted by Gasteiger charge is 2.03. The van der Waals surface area contributed by atoms with Gasteiger partial charge in [0.2, 0.25) is 5.89 Å². The van der Waals surface area contributed by atoms with E-state index in [1.807, 2.05) is 6.07 Å². The van der Waals surface area contributed by atoms with Gasteiger partial charge in [0.05, 0.1) is 12.1 Å². The van der Waals surface area contributed by atoms with Crippen molar-refractivity contribution in [3.63, 3.8) is 0 Å². The molecule has 0 aliphatic carbocycles. The van der Waals surface area contributed by atoms with E-state index in [1.54, 1.807) is 25.1 Å². The maximum absolute atomic E-state index is 8.83. The molecule has 17 heavy (non-hydrogen) atoms. The van der Waals surface area contributed by atoms with Crippen LogP contribution >= 0.6 is 0 Å². The molecule has 86 valence electrons. The van der Waals surface area contributed by atoms with E-state index in [-0.39, 0.29) is 0 Å². The van der Waals surface area contributed by atoms with Gasteiger partial charge in [-0.25, -0.2) is 0 Å². The van der Waals surface area contributed by atoms with Gasteiger partial charge >= 0.3 is 0 Å². The number of aromatic nitrogens is 2. The number of nitrogens with two attached hydrogens (primary N) is 1. The lowest BCUT2D eigenvalue weighted by atomic mass is 10.2. The molecule has 0 unspecified atom stereocenters. The highest BCUT2D eigenvalue weighted by atomic mass is 16.5.